The van der Waals surface area contributed by atoms with Crippen LogP contribution >= 0.6 is 0 Å². The summed E-state index contributed by atoms with van der Waals surface area (Å²) < 4.78 is 0. The second-order valence-corrected chi connectivity index (χ2v) is 9.11. The van der Waals surface area contributed by atoms with Crippen molar-refractivity contribution in [2.45, 2.75) is 31.8 Å². The van der Waals surface area contributed by atoms with E-state index < -0.39 is 52.0 Å². The zero-order chi connectivity index (χ0) is 24.5. The molecule has 3 aliphatic carbocycles. The van der Waals surface area contributed by atoms with Crippen LogP contribution in [0.3, 0.4) is 0 Å². The highest BCUT2D eigenvalue weighted by Crippen LogP contribution is 2.52. The minimum absolute atomic E-state index is 0.0482. The fourth-order valence-electron chi connectivity index (χ4n) is 5.49. The third kappa shape index (κ3) is 2.83. The minimum atomic E-state index is -2.57. The number of phenols is 1. The number of phenolic OH excluding ortho intramolecular Hbond substituents is 1. The van der Waals surface area contributed by atoms with Crippen LogP contribution < -0.4 is 5.73 Å². The maximum Gasteiger partial charge on any atom is 0.255 e. The monoisotopic (exact) mass is 462 g/mol. The first kappa shape index (κ1) is 21.8. The van der Waals surface area contributed by atoms with Crippen molar-refractivity contribution >= 4 is 23.2 Å². The highest BCUT2D eigenvalue weighted by molar-refractivity contribution is 6.22. The number of aliphatic hydroxyl groups is 3. The van der Waals surface area contributed by atoms with Gasteiger partial charge in [-0.3, -0.25) is 19.4 Å². The predicted octanol–water partition coefficient (Wildman–Crippen LogP) is 1.79. The maximum atomic E-state index is 13.5. The van der Waals surface area contributed by atoms with Crippen LogP contribution in [-0.4, -0.2) is 48.5 Å². The Bertz CT molecular complexity index is 1360. The average molecular weight is 462 g/mol. The van der Waals surface area contributed by atoms with Crippen LogP contribution in [0.25, 0.3) is 17.0 Å². The molecule has 174 valence electrons. The number of nitrogens with two attached hydrogens (primary N) is 1. The van der Waals surface area contributed by atoms with Crippen molar-refractivity contribution in [1.29, 1.82) is 0 Å². The van der Waals surface area contributed by atoms with Crippen LogP contribution in [0.4, 0.5) is 0 Å². The van der Waals surface area contributed by atoms with E-state index in [1.165, 1.54) is 6.07 Å². The number of ketones is 2. The van der Waals surface area contributed by atoms with E-state index in [-0.39, 0.29) is 36.1 Å². The van der Waals surface area contributed by atoms with Crippen LogP contribution in [0.15, 0.2) is 47.4 Å². The number of amides is 1. The number of primary amides is 1. The Morgan fingerprint density at radius 3 is 2.50 bits per heavy atom. The lowest BCUT2D eigenvalue weighted by molar-refractivity contribution is -0.147. The molecule has 3 atom stereocenters. The lowest BCUT2D eigenvalue weighted by Gasteiger charge is -2.46. The summed E-state index contributed by atoms with van der Waals surface area (Å²) >= 11 is 0. The van der Waals surface area contributed by atoms with Crippen molar-refractivity contribution in [3.63, 3.8) is 0 Å². The predicted molar refractivity (Wildman–Crippen MR) is 119 cm³/mol. The minimum Gasteiger partial charge on any atom is -0.508 e. The van der Waals surface area contributed by atoms with Gasteiger partial charge < -0.3 is 26.2 Å². The van der Waals surface area contributed by atoms with Gasteiger partial charge in [0.05, 0.1) is 11.3 Å². The Labute approximate surface area is 193 Å². The molecule has 3 aliphatic rings. The molecule has 5 rings (SSSR count). The molecule has 34 heavy (non-hydrogen) atoms. The Kier molecular flexibility index (Phi) is 4.66. The summed E-state index contributed by atoms with van der Waals surface area (Å²) in [5.74, 6) is -6.46. The van der Waals surface area contributed by atoms with Crippen LogP contribution in [0.1, 0.15) is 29.5 Å². The van der Waals surface area contributed by atoms with Gasteiger partial charge in [-0.25, -0.2) is 0 Å². The van der Waals surface area contributed by atoms with Crippen molar-refractivity contribution in [3.05, 3.63) is 64.1 Å². The normalized spacial score (nSPS) is 26.2. The van der Waals surface area contributed by atoms with Crippen molar-refractivity contribution in [3.8, 4) is 17.0 Å². The van der Waals surface area contributed by atoms with Crippen molar-refractivity contribution in [1.82, 2.24) is 4.98 Å². The number of benzene rings is 1. The molecule has 1 aromatic heterocycles. The van der Waals surface area contributed by atoms with Gasteiger partial charge in [-0.2, -0.15) is 0 Å². The number of aliphatic hydroxyl groups excluding tert-OH is 2. The fraction of sp³-hybridized carbons (Fsp3) is 0.280. The van der Waals surface area contributed by atoms with E-state index in [4.69, 9.17) is 5.73 Å². The molecule has 1 saturated carbocycles. The fourth-order valence-corrected chi connectivity index (χ4v) is 5.49. The lowest BCUT2D eigenvalue weighted by Crippen LogP contribution is -2.58. The van der Waals surface area contributed by atoms with Crippen LogP contribution in [0.2, 0.25) is 0 Å². The maximum absolute atomic E-state index is 13.5. The Morgan fingerprint density at radius 1 is 1.12 bits per heavy atom. The number of Topliss-reactive ketones (excluding diaryl/α,β-unsaturated/α-hetero) is 2. The Balaban J connectivity index is 1.70. The molecule has 2 aromatic rings. The largest absolute Gasteiger partial charge is 0.508 e. The number of rotatable bonds is 2. The number of carbonyl (C=O) groups is 3. The third-order valence-corrected chi connectivity index (χ3v) is 7.13. The lowest BCUT2D eigenvalue weighted by atomic mass is 9.59. The van der Waals surface area contributed by atoms with E-state index in [9.17, 15) is 34.8 Å². The van der Waals surface area contributed by atoms with Crippen molar-refractivity contribution < 1.29 is 34.8 Å². The van der Waals surface area contributed by atoms with Gasteiger partial charge in [-0.15, -0.1) is 0 Å². The Morgan fingerprint density at radius 2 is 1.85 bits per heavy atom. The number of fused-ring (bicyclic) bond motifs is 3. The van der Waals surface area contributed by atoms with Gasteiger partial charge in [-0.1, -0.05) is 6.07 Å². The summed E-state index contributed by atoms with van der Waals surface area (Å²) in [4.78, 5) is 42.1. The van der Waals surface area contributed by atoms with Gasteiger partial charge in [0.25, 0.3) is 5.91 Å². The molecule has 9 heteroatoms. The SMILES string of the molecule is Cc1ccc(-c2ccc(O)c3c2CC2CC4CC(=O)C(C(N)=O)=C(O)C4(O)C(=O)C2=C3O)nc1. The molecule has 3 unspecified atom stereocenters. The highest BCUT2D eigenvalue weighted by atomic mass is 16.3. The van der Waals surface area contributed by atoms with Crippen LogP contribution in [0, 0.1) is 18.8 Å². The zero-order valence-corrected chi connectivity index (χ0v) is 18.2. The molecule has 6 N–H and O–H groups in total. The van der Waals surface area contributed by atoms with E-state index in [2.05, 4.69) is 4.98 Å². The molecule has 9 nitrogen and oxygen atoms in total. The van der Waals surface area contributed by atoms with E-state index in [1.54, 1.807) is 12.3 Å². The summed E-state index contributed by atoms with van der Waals surface area (Å²) in [5, 5.41) is 43.6. The Hall–Kier alpha value is -3.98. The van der Waals surface area contributed by atoms with E-state index in [0.717, 1.165) is 5.56 Å². The standard InChI is InChI=1S/C25H22N2O7/c1-10-2-4-15(27-9-10)13-3-5-16(28)19-14(13)7-11-6-12-8-17(29)20(24(26)33)23(32)25(12,34)22(31)18(11)21(19)30/h2-5,9,11-12,28,30,32,34H,6-8H2,1H3,(H2,26,33). The van der Waals surface area contributed by atoms with Gasteiger partial charge in [-0.05, 0) is 55.0 Å². The van der Waals surface area contributed by atoms with E-state index in [0.29, 0.717) is 16.8 Å². The third-order valence-electron chi connectivity index (χ3n) is 7.13. The summed E-state index contributed by atoms with van der Waals surface area (Å²) in [6, 6.07) is 6.77. The van der Waals surface area contributed by atoms with E-state index >= 15 is 0 Å². The van der Waals surface area contributed by atoms with Crippen molar-refractivity contribution in [2.75, 3.05) is 0 Å². The molecule has 1 amide bonds. The number of pyridine rings is 1. The number of carbonyl (C=O) groups excluding carboxylic acids is 3. The first-order valence-corrected chi connectivity index (χ1v) is 10.8. The second-order valence-electron chi connectivity index (χ2n) is 9.11. The smallest absolute Gasteiger partial charge is 0.255 e. The molecule has 0 spiro atoms. The molecule has 1 aromatic carbocycles. The first-order valence-electron chi connectivity index (χ1n) is 10.8. The first-order chi connectivity index (χ1) is 16.1. The van der Waals surface area contributed by atoms with Gasteiger partial charge in [0.1, 0.15) is 22.8 Å². The number of aryl methyl sites for hydroxylation is 1. The van der Waals surface area contributed by atoms with Gasteiger partial charge in [0.2, 0.25) is 5.78 Å². The zero-order valence-electron chi connectivity index (χ0n) is 18.2. The number of hydrogen-bond donors (Lipinski definition) is 5. The van der Waals surface area contributed by atoms with Gasteiger partial charge in [0.15, 0.2) is 11.4 Å². The molecule has 0 saturated heterocycles. The van der Waals surface area contributed by atoms with Gasteiger partial charge in [0, 0.05) is 29.7 Å². The van der Waals surface area contributed by atoms with E-state index in [1.807, 2.05) is 19.1 Å². The molecule has 1 fully saturated rings. The molecule has 0 bridgehead atoms. The number of hydrogen-bond acceptors (Lipinski definition) is 8. The van der Waals surface area contributed by atoms with Crippen LogP contribution in [-0.2, 0) is 20.8 Å². The number of aromatic nitrogens is 1. The summed E-state index contributed by atoms with van der Waals surface area (Å²) in [6.07, 6.45) is 1.66. The molecule has 0 aliphatic heterocycles. The molecule has 1 heterocycles. The topological polar surface area (TPSA) is 171 Å². The van der Waals surface area contributed by atoms with Crippen LogP contribution in [0.5, 0.6) is 5.75 Å². The summed E-state index contributed by atoms with van der Waals surface area (Å²) in [7, 11) is 0. The number of aromatic hydroxyl groups is 1. The summed E-state index contributed by atoms with van der Waals surface area (Å²) in [6.45, 7) is 1.90. The van der Waals surface area contributed by atoms with Crippen molar-refractivity contribution in [2.24, 2.45) is 17.6 Å². The quantitative estimate of drug-likeness (QED) is 0.420. The molecular formula is C25H22N2O7. The van der Waals surface area contributed by atoms with Gasteiger partial charge >= 0.3 is 0 Å². The second kappa shape index (κ2) is 7.26. The number of nitrogens with zero attached hydrogens (tertiary/aromatic N) is 1. The average Bonchev–Trinajstić information content (AvgIpc) is 2.77. The highest BCUT2D eigenvalue weighted by Gasteiger charge is 2.60. The molecular weight excluding hydrogens is 440 g/mol. The molecule has 0 radical (unpaired) electrons. The summed E-state index contributed by atoms with van der Waals surface area (Å²) in [5.41, 5.74) is 4.54.